The molecule has 3 aromatic heterocycles. The lowest BCUT2D eigenvalue weighted by molar-refractivity contribution is 0.475. The van der Waals surface area contributed by atoms with Gasteiger partial charge in [0.2, 0.25) is 5.95 Å². The second-order valence-corrected chi connectivity index (χ2v) is 7.44. The quantitative estimate of drug-likeness (QED) is 0.512. The highest BCUT2D eigenvalue weighted by molar-refractivity contribution is 5.74. The Morgan fingerprint density at radius 3 is 2.68 bits per heavy atom. The molecule has 1 aromatic carbocycles. The summed E-state index contributed by atoms with van der Waals surface area (Å²) in [4.78, 5) is 13.2. The van der Waals surface area contributed by atoms with E-state index < -0.39 is 0 Å². The molecular formula is C22H18N8O. The molecule has 0 saturated heterocycles. The van der Waals surface area contributed by atoms with Crippen LogP contribution in [0, 0.1) is 11.3 Å². The number of nitriles is 1. The van der Waals surface area contributed by atoms with Gasteiger partial charge >= 0.3 is 0 Å². The molecule has 0 atom stereocenters. The molecule has 1 aliphatic carbocycles. The largest absolute Gasteiger partial charge is 0.506 e. The molecule has 1 aliphatic rings. The van der Waals surface area contributed by atoms with Gasteiger partial charge in [0, 0.05) is 17.2 Å². The SMILES string of the molecule is N#Cc1cccc(-c2cc(-c3cn(Cc4cccc(C5CC5)n4)nn3)nc(N)n2)c1O. The van der Waals surface area contributed by atoms with Crippen LogP contribution in [0.4, 0.5) is 5.95 Å². The average Bonchev–Trinajstić information content (AvgIpc) is 3.53. The normalized spacial score (nSPS) is 13.1. The monoisotopic (exact) mass is 410 g/mol. The predicted molar refractivity (Wildman–Crippen MR) is 113 cm³/mol. The zero-order chi connectivity index (χ0) is 21.4. The number of nitrogens with two attached hydrogens (primary N) is 1. The van der Waals surface area contributed by atoms with Crippen molar-refractivity contribution in [2.45, 2.75) is 25.3 Å². The number of aromatic nitrogens is 6. The Bertz CT molecular complexity index is 1320. The molecule has 152 valence electrons. The summed E-state index contributed by atoms with van der Waals surface area (Å²) in [5.41, 5.74) is 9.88. The molecule has 0 unspecified atom stereocenters. The first-order valence-electron chi connectivity index (χ1n) is 9.84. The van der Waals surface area contributed by atoms with Crippen LogP contribution in [0.25, 0.3) is 22.6 Å². The third-order valence-electron chi connectivity index (χ3n) is 5.12. The van der Waals surface area contributed by atoms with Crippen LogP contribution in [-0.4, -0.2) is 35.1 Å². The fourth-order valence-electron chi connectivity index (χ4n) is 3.43. The lowest BCUT2D eigenvalue weighted by Crippen LogP contribution is -2.03. The molecule has 4 aromatic rings. The van der Waals surface area contributed by atoms with E-state index in [0.29, 0.717) is 35.1 Å². The van der Waals surface area contributed by atoms with Gasteiger partial charge in [0.15, 0.2) is 0 Å². The summed E-state index contributed by atoms with van der Waals surface area (Å²) in [6.45, 7) is 0.492. The number of phenolic OH excluding ortho intramolecular Hbond substituents is 1. The van der Waals surface area contributed by atoms with E-state index in [1.807, 2.05) is 18.2 Å². The van der Waals surface area contributed by atoms with E-state index in [4.69, 9.17) is 16.0 Å². The number of benzene rings is 1. The van der Waals surface area contributed by atoms with Gasteiger partial charge in [-0.05, 0) is 43.2 Å². The van der Waals surface area contributed by atoms with E-state index in [-0.39, 0.29) is 17.3 Å². The maximum absolute atomic E-state index is 10.4. The summed E-state index contributed by atoms with van der Waals surface area (Å²) in [7, 11) is 0. The summed E-state index contributed by atoms with van der Waals surface area (Å²) >= 11 is 0. The average molecular weight is 410 g/mol. The Hall–Kier alpha value is -4.32. The number of phenols is 1. The molecule has 0 spiro atoms. The number of nitrogens with zero attached hydrogens (tertiary/aromatic N) is 7. The molecule has 3 heterocycles. The van der Waals surface area contributed by atoms with Gasteiger partial charge in [-0.3, -0.25) is 4.98 Å². The van der Waals surface area contributed by atoms with Crippen molar-refractivity contribution in [3.63, 3.8) is 0 Å². The minimum Gasteiger partial charge on any atom is -0.506 e. The van der Waals surface area contributed by atoms with E-state index >= 15 is 0 Å². The zero-order valence-corrected chi connectivity index (χ0v) is 16.5. The van der Waals surface area contributed by atoms with Crippen LogP contribution in [-0.2, 0) is 6.54 Å². The molecular weight excluding hydrogens is 392 g/mol. The van der Waals surface area contributed by atoms with E-state index in [2.05, 4.69) is 26.3 Å². The number of hydrogen-bond donors (Lipinski definition) is 2. The molecule has 0 aliphatic heterocycles. The highest BCUT2D eigenvalue weighted by Crippen LogP contribution is 2.38. The lowest BCUT2D eigenvalue weighted by atomic mass is 10.1. The molecule has 3 N–H and O–H groups in total. The van der Waals surface area contributed by atoms with Crippen LogP contribution in [0.5, 0.6) is 5.75 Å². The summed E-state index contributed by atoms with van der Waals surface area (Å²) in [6, 6.07) is 14.5. The number of hydrogen-bond acceptors (Lipinski definition) is 8. The van der Waals surface area contributed by atoms with Gasteiger partial charge in [-0.2, -0.15) is 5.26 Å². The standard InChI is InChI=1S/C22H18N8O/c23-10-14-3-1-5-16(21(14)31)18-9-19(27-22(24)26-18)20-12-30(29-28-20)11-15-4-2-6-17(25-15)13-7-8-13/h1-6,9,12-13,31H,7-8,11H2,(H2,24,26,27). The number of para-hydroxylation sites is 1. The van der Waals surface area contributed by atoms with Gasteiger partial charge in [-0.25, -0.2) is 14.6 Å². The third kappa shape index (κ3) is 3.79. The van der Waals surface area contributed by atoms with Crippen molar-refractivity contribution < 1.29 is 5.11 Å². The van der Waals surface area contributed by atoms with Crippen LogP contribution < -0.4 is 5.73 Å². The maximum atomic E-state index is 10.4. The molecule has 0 amide bonds. The highest BCUT2D eigenvalue weighted by Gasteiger charge is 2.25. The van der Waals surface area contributed by atoms with Gasteiger partial charge < -0.3 is 10.8 Å². The molecule has 0 bridgehead atoms. The first-order valence-corrected chi connectivity index (χ1v) is 9.84. The summed E-state index contributed by atoms with van der Waals surface area (Å²) < 4.78 is 1.69. The van der Waals surface area contributed by atoms with Gasteiger partial charge in [0.05, 0.1) is 35.4 Å². The Kier molecular flexibility index (Phi) is 4.52. The van der Waals surface area contributed by atoms with Crippen LogP contribution in [0.15, 0.2) is 48.7 Å². The van der Waals surface area contributed by atoms with Crippen molar-refractivity contribution in [1.82, 2.24) is 29.9 Å². The lowest BCUT2D eigenvalue weighted by Gasteiger charge is -2.07. The second kappa shape index (κ2) is 7.50. The van der Waals surface area contributed by atoms with Gasteiger partial charge in [-0.1, -0.05) is 17.3 Å². The topological polar surface area (TPSA) is 139 Å². The molecule has 31 heavy (non-hydrogen) atoms. The Morgan fingerprint density at radius 2 is 1.87 bits per heavy atom. The zero-order valence-electron chi connectivity index (χ0n) is 16.5. The number of pyridine rings is 1. The molecule has 0 radical (unpaired) electrons. The summed E-state index contributed by atoms with van der Waals surface area (Å²) in [5.74, 6) is 0.464. The van der Waals surface area contributed by atoms with Crippen LogP contribution in [0.2, 0.25) is 0 Å². The van der Waals surface area contributed by atoms with Crippen molar-refractivity contribution in [1.29, 1.82) is 5.26 Å². The predicted octanol–water partition coefficient (Wildman–Crippen LogP) is 2.88. The number of anilines is 1. The van der Waals surface area contributed by atoms with Crippen LogP contribution >= 0.6 is 0 Å². The van der Waals surface area contributed by atoms with Gasteiger partial charge in [0.25, 0.3) is 0 Å². The number of nitrogen functional groups attached to an aromatic ring is 1. The first-order chi connectivity index (χ1) is 15.1. The molecule has 1 saturated carbocycles. The van der Waals surface area contributed by atoms with Crippen molar-refractivity contribution in [2.24, 2.45) is 0 Å². The maximum Gasteiger partial charge on any atom is 0.221 e. The fraction of sp³-hybridized carbons (Fsp3) is 0.182. The Morgan fingerprint density at radius 1 is 1.06 bits per heavy atom. The Balaban J connectivity index is 1.45. The summed E-state index contributed by atoms with van der Waals surface area (Å²) in [5, 5.41) is 27.9. The Labute approximate surface area is 177 Å². The van der Waals surface area contributed by atoms with E-state index in [1.165, 1.54) is 18.9 Å². The fourth-order valence-corrected chi connectivity index (χ4v) is 3.43. The number of rotatable bonds is 5. The first kappa shape index (κ1) is 18.7. The second-order valence-electron chi connectivity index (χ2n) is 7.44. The summed E-state index contributed by atoms with van der Waals surface area (Å²) in [6.07, 6.45) is 4.17. The molecule has 9 heteroatoms. The minimum atomic E-state index is -0.153. The molecule has 1 fully saturated rings. The van der Waals surface area contributed by atoms with Crippen LogP contribution in [0.3, 0.4) is 0 Å². The van der Waals surface area contributed by atoms with Crippen molar-refractivity contribution in [3.8, 4) is 34.5 Å². The van der Waals surface area contributed by atoms with E-state index in [0.717, 1.165) is 11.4 Å². The van der Waals surface area contributed by atoms with Gasteiger partial charge in [-0.15, -0.1) is 5.10 Å². The van der Waals surface area contributed by atoms with E-state index in [1.54, 1.807) is 29.1 Å². The van der Waals surface area contributed by atoms with Crippen molar-refractivity contribution in [3.05, 3.63) is 65.6 Å². The van der Waals surface area contributed by atoms with E-state index in [9.17, 15) is 5.11 Å². The van der Waals surface area contributed by atoms with Crippen molar-refractivity contribution >= 4 is 5.95 Å². The smallest absolute Gasteiger partial charge is 0.221 e. The third-order valence-corrected chi connectivity index (χ3v) is 5.12. The van der Waals surface area contributed by atoms with Crippen LogP contribution in [0.1, 0.15) is 35.7 Å². The molecule has 5 rings (SSSR count). The highest BCUT2D eigenvalue weighted by atomic mass is 16.3. The minimum absolute atomic E-state index is 0.0302. The van der Waals surface area contributed by atoms with Gasteiger partial charge in [0.1, 0.15) is 17.5 Å². The van der Waals surface area contributed by atoms with Crippen molar-refractivity contribution in [2.75, 3.05) is 5.73 Å². The molecule has 9 nitrogen and oxygen atoms in total. The number of aromatic hydroxyl groups is 1.